The zero-order valence-corrected chi connectivity index (χ0v) is 23.9. The van der Waals surface area contributed by atoms with Crippen molar-refractivity contribution in [1.29, 1.82) is 0 Å². The Kier molecular flexibility index (Phi) is 8.93. The van der Waals surface area contributed by atoms with Crippen LogP contribution in [0, 0.1) is 24.0 Å². The van der Waals surface area contributed by atoms with E-state index in [-0.39, 0.29) is 34.3 Å². The third-order valence-electron chi connectivity index (χ3n) is 6.30. The van der Waals surface area contributed by atoms with Gasteiger partial charge < -0.3 is 14.8 Å². The molecule has 0 radical (unpaired) electrons. The standard InChI is InChI=1S/C26H27F3N6O7S/c1-16(2)25(37)41-15-42-32-35(38)33-13-19(14-33)24(36)31-43(39,40)21-10-8-20(9-11-21)34-22(12-23(30-34)26(27,28)29)18-6-4-17(3)5-7-18/h4-12,16,19H,13-15H2,1-3H3,(H,31,36). The Hall–Kier alpha value is -4.67. The highest BCUT2D eigenvalue weighted by molar-refractivity contribution is 7.90. The molecular formula is C26H27F3N6O7S. The summed E-state index contributed by atoms with van der Waals surface area (Å²) in [5.74, 6) is -2.67. The number of amides is 1. The lowest BCUT2D eigenvalue weighted by atomic mass is 10.0. The number of aromatic nitrogens is 2. The first-order valence-electron chi connectivity index (χ1n) is 12.8. The predicted octanol–water partition coefficient (Wildman–Crippen LogP) is 3.57. The Morgan fingerprint density at radius 2 is 1.77 bits per heavy atom. The molecule has 1 aromatic heterocycles. The van der Waals surface area contributed by atoms with Crippen molar-refractivity contribution >= 4 is 21.9 Å². The summed E-state index contributed by atoms with van der Waals surface area (Å²) in [6.45, 7) is 4.15. The van der Waals surface area contributed by atoms with Gasteiger partial charge in [0, 0.05) is 5.56 Å². The van der Waals surface area contributed by atoms with Crippen LogP contribution in [0.25, 0.3) is 16.9 Å². The van der Waals surface area contributed by atoms with E-state index in [1.165, 1.54) is 12.1 Å². The summed E-state index contributed by atoms with van der Waals surface area (Å²) < 4.78 is 73.7. The number of nitrogens with one attached hydrogen (secondary N) is 1. The molecule has 43 heavy (non-hydrogen) atoms. The number of halogens is 3. The van der Waals surface area contributed by atoms with E-state index in [1.807, 2.05) is 11.6 Å². The van der Waals surface area contributed by atoms with Crippen LogP contribution in [0.2, 0.25) is 0 Å². The molecule has 1 amide bonds. The van der Waals surface area contributed by atoms with Crippen molar-refractivity contribution in [3.63, 3.8) is 0 Å². The SMILES string of the molecule is Cc1ccc(-c2cc(C(F)(F)F)nn2-c2ccc(S(=O)(=O)NC(=O)C3CN([N+]([O-])=NOCOC(=O)C(C)C)C3)cc2)cc1. The number of benzene rings is 2. The van der Waals surface area contributed by atoms with Gasteiger partial charge in [-0.25, -0.2) is 17.8 Å². The molecule has 1 aliphatic heterocycles. The van der Waals surface area contributed by atoms with Crippen molar-refractivity contribution in [2.45, 2.75) is 31.8 Å². The molecule has 1 fully saturated rings. The molecule has 230 valence electrons. The van der Waals surface area contributed by atoms with E-state index in [2.05, 4.69) is 15.2 Å². The Morgan fingerprint density at radius 3 is 2.35 bits per heavy atom. The quantitative estimate of drug-likeness (QED) is 0.0889. The lowest BCUT2D eigenvalue weighted by molar-refractivity contribution is -0.726. The van der Waals surface area contributed by atoms with Crippen LogP contribution in [0.3, 0.4) is 0 Å². The van der Waals surface area contributed by atoms with Crippen LogP contribution >= 0.6 is 0 Å². The number of aryl methyl sites for hydroxylation is 1. The van der Waals surface area contributed by atoms with Crippen LogP contribution in [0.15, 0.2) is 64.8 Å². The first kappa shape index (κ1) is 31.3. The van der Waals surface area contributed by atoms with E-state index in [0.717, 1.165) is 33.5 Å². The third kappa shape index (κ3) is 7.40. The van der Waals surface area contributed by atoms with Gasteiger partial charge in [0.25, 0.3) is 16.8 Å². The van der Waals surface area contributed by atoms with Gasteiger partial charge >= 0.3 is 12.1 Å². The van der Waals surface area contributed by atoms with E-state index in [1.54, 1.807) is 38.1 Å². The number of esters is 1. The smallest absolute Gasteiger partial charge is 0.435 e. The fourth-order valence-electron chi connectivity index (χ4n) is 3.82. The van der Waals surface area contributed by atoms with Crippen molar-refractivity contribution in [2.75, 3.05) is 19.9 Å². The maximum Gasteiger partial charge on any atom is 0.435 e. The van der Waals surface area contributed by atoms with Crippen LogP contribution in [-0.4, -0.2) is 59.9 Å². The topological polar surface area (TPSA) is 158 Å². The number of nitrogens with zero attached hydrogens (tertiary/aromatic N) is 5. The summed E-state index contributed by atoms with van der Waals surface area (Å²) in [5, 5.41) is 19.8. The van der Waals surface area contributed by atoms with Crippen LogP contribution in [0.4, 0.5) is 13.2 Å². The zero-order chi connectivity index (χ0) is 31.5. The largest absolute Gasteiger partial charge is 0.569 e. The van der Waals surface area contributed by atoms with Crippen LogP contribution in [0.1, 0.15) is 25.1 Å². The fourth-order valence-corrected chi connectivity index (χ4v) is 4.87. The number of alkyl halides is 3. The molecule has 0 bridgehead atoms. The maximum atomic E-state index is 13.5. The predicted molar refractivity (Wildman–Crippen MR) is 142 cm³/mol. The Balaban J connectivity index is 1.40. The van der Waals surface area contributed by atoms with E-state index >= 15 is 0 Å². The number of hydrazine groups is 1. The second kappa shape index (κ2) is 12.3. The minimum atomic E-state index is -4.71. The van der Waals surface area contributed by atoms with Gasteiger partial charge in [0.15, 0.2) is 5.69 Å². The Bertz CT molecular complexity index is 1620. The normalized spacial score (nSPS) is 14.4. The molecule has 0 aliphatic carbocycles. The van der Waals surface area contributed by atoms with E-state index in [4.69, 9.17) is 4.74 Å². The molecule has 4 rings (SSSR count). The number of rotatable bonds is 10. The number of carbonyl (C=O) groups is 2. The summed E-state index contributed by atoms with van der Waals surface area (Å²) in [5.41, 5.74) is 0.566. The lowest BCUT2D eigenvalue weighted by Crippen LogP contribution is -2.56. The molecular weight excluding hydrogens is 597 g/mol. The second-order valence-corrected chi connectivity index (χ2v) is 11.6. The highest BCUT2D eigenvalue weighted by atomic mass is 32.2. The van der Waals surface area contributed by atoms with E-state index in [9.17, 15) is 36.4 Å². The van der Waals surface area contributed by atoms with Crippen LogP contribution in [0.5, 0.6) is 0 Å². The molecule has 0 unspecified atom stereocenters. The molecule has 2 heterocycles. The van der Waals surface area contributed by atoms with Crippen molar-refractivity contribution in [3.05, 3.63) is 71.1 Å². The molecule has 17 heteroatoms. The van der Waals surface area contributed by atoms with Gasteiger partial charge in [-0.05, 0) is 37.3 Å². The second-order valence-electron chi connectivity index (χ2n) is 9.92. The van der Waals surface area contributed by atoms with E-state index in [0.29, 0.717) is 5.56 Å². The highest BCUT2D eigenvalue weighted by Crippen LogP contribution is 2.33. The molecule has 1 aliphatic rings. The average Bonchev–Trinajstić information content (AvgIpc) is 3.36. The van der Waals surface area contributed by atoms with Crippen LogP contribution < -0.4 is 4.72 Å². The first-order valence-corrected chi connectivity index (χ1v) is 14.3. The number of hydrogen-bond donors (Lipinski definition) is 1. The van der Waals surface area contributed by atoms with Gasteiger partial charge in [-0.1, -0.05) is 43.7 Å². The average molecular weight is 625 g/mol. The molecule has 2 aromatic carbocycles. The Morgan fingerprint density at radius 1 is 1.14 bits per heavy atom. The number of sulfonamides is 1. The van der Waals surface area contributed by atoms with Gasteiger partial charge in [-0.15, -0.1) is 5.01 Å². The first-order chi connectivity index (χ1) is 20.2. The van der Waals surface area contributed by atoms with Gasteiger partial charge in [-0.3, -0.25) is 9.59 Å². The summed E-state index contributed by atoms with van der Waals surface area (Å²) in [6.07, 6.45) is -4.71. The maximum absolute atomic E-state index is 13.5. The summed E-state index contributed by atoms with van der Waals surface area (Å²) in [7, 11) is -4.35. The summed E-state index contributed by atoms with van der Waals surface area (Å²) in [4.78, 5) is 28.2. The molecule has 1 saturated heterocycles. The molecule has 0 spiro atoms. The van der Waals surface area contributed by atoms with Crippen LogP contribution in [-0.2, 0) is 35.4 Å². The molecule has 3 aromatic rings. The van der Waals surface area contributed by atoms with E-state index < -0.39 is 52.4 Å². The van der Waals surface area contributed by atoms with Crippen molar-refractivity contribution in [2.24, 2.45) is 17.1 Å². The highest BCUT2D eigenvalue weighted by Gasteiger charge is 2.40. The Labute approximate surface area is 244 Å². The van der Waals surface area contributed by atoms with Crippen molar-refractivity contribution in [1.82, 2.24) is 19.5 Å². The number of ether oxygens (including phenoxy) is 1. The zero-order valence-electron chi connectivity index (χ0n) is 23.1. The molecule has 1 N–H and O–H groups in total. The number of carbonyl (C=O) groups excluding carboxylic acids is 2. The van der Waals surface area contributed by atoms with Crippen molar-refractivity contribution in [3.8, 4) is 16.9 Å². The van der Waals surface area contributed by atoms with Crippen molar-refractivity contribution < 1.29 is 45.7 Å². The molecule has 13 nitrogen and oxygen atoms in total. The summed E-state index contributed by atoms with van der Waals surface area (Å²) >= 11 is 0. The lowest BCUT2D eigenvalue weighted by Gasteiger charge is -2.32. The number of hydrogen-bond acceptors (Lipinski definition) is 9. The van der Waals surface area contributed by atoms with Gasteiger partial charge in [-0.2, -0.15) is 18.3 Å². The molecule has 0 atom stereocenters. The fraction of sp³-hybridized carbons (Fsp3) is 0.346. The molecule has 0 saturated carbocycles. The third-order valence-corrected chi connectivity index (χ3v) is 7.66. The van der Waals surface area contributed by atoms with Gasteiger partial charge in [0.2, 0.25) is 11.2 Å². The monoisotopic (exact) mass is 624 g/mol. The van der Waals surface area contributed by atoms with Gasteiger partial charge in [0.05, 0.1) is 46.2 Å². The van der Waals surface area contributed by atoms with Gasteiger partial charge in [0.1, 0.15) is 0 Å². The summed E-state index contributed by atoms with van der Waals surface area (Å²) in [6, 6.07) is 12.5. The minimum absolute atomic E-state index is 0.0462. The minimum Gasteiger partial charge on any atom is -0.569 e.